The molecule has 0 radical (unpaired) electrons. The van der Waals surface area contributed by atoms with Gasteiger partial charge in [0.25, 0.3) is 5.56 Å². The van der Waals surface area contributed by atoms with Crippen LogP contribution in [0.15, 0.2) is 64.5 Å². The number of nitrogens with zero attached hydrogens (tertiary/aromatic N) is 4. The van der Waals surface area contributed by atoms with E-state index in [1.54, 1.807) is 48.5 Å². The lowest BCUT2D eigenvalue weighted by atomic mass is 10.1. The van der Waals surface area contributed by atoms with Crippen molar-refractivity contribution in [2.45, 2.75) is 0 Å². The maximum absolute atomic E-state index is 12.1. The van der Waals surface area contributed by atoms with E-state index in [0.29, 0.717) is 16.7 Å². The summed E-state index contributed by atoms with van der Waals surface area (Å²) in [6.45, 7) is 0. The summed E-state index contributed by atoms with van der Waals surface area (Å²) in [4.78, 5) is 18.9. The first kappa shape index (κ1) is 16.6. The molecule has 0 bridgehead atoms. The van der Waals surface area contributed by atoms with E-state index in [2.05, 4.69) is 26.6 Å². The van der Waals surface area contributed by atoms with E-state index < -0.39 is 5.56 Å². The van der Waals surface area contributed by atoms with Crippen molar-refractivity contribution in [2.24, 2.45) is 5.10 Å². The Morgan fingerprint density at radius 3 is 2.50 bits per heavy atom. The smallest absolute Gasteiger partial charge is 0.270 e. The first-order chi connectivity index (χ1) is 12.7. The van der Waals surface area contributed by atoms with Crippen molar-refractivity contribution in [1.29, 1.82) is 10.5 Å². The number of nitriles is 2. The molecular formula is C19H12N6O. The van der Waals surface area contributed by atoms with Crippen LogP contribution < -0.4 is 11.0 Å². The molecule has 1 heterocycles. The van der Waals surface area contributed by atoms with Gasteiger partial charge in [-0.1, -0.05) is 48.5 Å². The first-order valence-electron chi connectivity index (χ1n) is 7.61. The van der Waals surface area contributed by atoms with Gasteiger partial charge in [-0.15, -0.1) is 0 Å². The Bertz CT molecular complexity index is 1100. The molecule has 0 aliphatic carbocycles. The lowest BCUT2D eigenvalue weighted by Gasteiger charge is -2.06. The molecule has 0 aliphatic rings. The first-order valence-corrected chi connectivity index (χ1v) is 7.61. The molecule has 3 rings (SSSR count). The van der Waals surface area contributed by atoms with E-state index in [1.165, 1.54) is 6.21 Å². The van der Waals surface area contributed by atoms with E-state index in [0.717, 1.165) is 0 Å². The van der Waals surface area contributed by atoms with Crippen molar-refractivity contribution in [3.63, 3.8) is 0 Å². The normalized spacial score (nSPS) is 10.2. The third-order valence-electron chi connectivity index (χ3n) is 3.53. The maximum atomic E-state index is 12.1. The zero-order chi connectivity index (χ0) is 18.4. The Labute approximate surface area is 148 Å². The van der Waals surface area contributed by atoms with Crippen LogP contribution in [-0.2, 0) is 0 Å². The molecule has 7 heteroatoms. The quantitative estimate of drug-likeness (QED) is 0.559. The summed E-state index contributed by atoms with van der Waals surface area (Å²) >= 11 is 0. The van der Waals surface area contributed by atoms with Gasteiger partial charge in [-0.05, 0) is 6.07 Å². The molecule has 124 valence electrons. The van der Waals surface area contributed by atoms with Crippen molar-refractivity contribution in [1.82, 2.24) is 9.97 Å². The van der Waals surface area contributed by atoms with Gasteiger partial charge < -0.3 is 0 Å². The molecule has 0 spiro atoms. The summed E-state index contributed by atoms with van der Waals surface area (Å²) in [5.74, 6) is 0.0959. The molecule has 0 aliphatic heterocycles. The molecule has 0 fully saturated rings. The molecule has 7 nitrogen and oxygen atoms in total. The van der Waals surface area contributed by atoms with Gasteiger partial charge in [0.2, 0.25) is 5.95 Å². The van der Waals surface area contributed by atoms with Gasteiger partial charge >= 0.3 is 0 Å². The molecule has 3 aromatic rings. The van der Waals surface area contributed by atoms with Gasteiger partial charge in [0, 0.05) is 11.1 Å². The Kier molecular flexibility index (Phi) is 4.83. The minimum absolute atomic E-state index is 0.0689. The molecule has 0 unspecified atom stereocenters. The van der Waals surface area contributed by atoms with Crippen molar-refractivity contribution in [2.75, 3.05) is 5.43 Å². The molecule has 2 aromatic carbocycles. The molecule has 0 saturated carbocycles. The number of benzene rings is 2. The number of rotatable bonds is 4. The molecule has 0 amide bonds. The summed E-state index contributed by atoms with van der Waals surface area (Å²) in [6.07, 6.45) is 1.46. The Morgan fingerprint density at radius 1 is 1.04 bits per heavy atom. The standard InChI is InChI=1S/C19H12N6O/c20-10-14-8-4-5-9-15(14)12-22-25-19-23-17(13-6-2-1-3-7-13)16(11-21)18(26)24-19/h1-9,12H,(H2,23,24,25,26). The molecule has 26 heavy (non-hydrogen) atoms. The minimum atomic E-state index is -0.559. The van der Waals surface area contributed by atoms with Crippen molar-refractivity contribution in [3.05, 3.63) is 81.6 Å². The molecule has 2 N–H and O–H groups in total. The third-order valence-corrected chi connectivity index (χ3v) is 3.53. The number of hydrogen-bond donors (Lipinski definition) is 2. The van der Waals surface area contributed by atoms with Crippen LogP contribution in [0.4, 0.5) is 5.95 Å². The van der Waals surface area contributed by atoms with E-state index in [-0.39, 0.29) is 17.2 Å². The summed E-state index contributed by atoms with van der Waals surface area (Å²) in [6, 6.07) is 19.9. The fraction of sp³-hybridized carbons (Fsp3) is 0. The van der Waals surface area contributed by atoms with Gasteiger partial charge in [-0.3, -0.25) is 9.78 Å². The number of hydrazone groups is 1. The average Bonchev–Trinajstić information content (AvgIpc) is 2.68. The predicted octanol–water partition coefficient (Wildman–Crippen LogP) is 2.63. The van der Waals surface area contributed by atoms with Gasteiger partial charge in [0.15, 0.2) is 0 Å². The van der Waals surface area contributed by atoms with E-state index in [1.807, 2.05) is 12.1 Å². The second-order valence-electron chi connectivity index (χ2n) is 5.19. The van der Waals surface area contributed by atoms with Crippen molar-refractivity contribution >= 4 is 12.2 Å². The number of nitrogens with one attached hydrogen (secondary N) is 2. The number of anilines is 1. The van der Waals surface area contributed by atoms with Crippen LogP contribution in [0.2, 0.25) is 0 Å². The SMILES string of the molecule is N#Cc1ccccc1C=NNc1nc(-c2ccccc2)c(C#N)c(=O)[nH]1. The Hall–Kier alpha value is -4.23. The van der Waals surface area contributed by atoms with E-state index in [9.17, 15) is 10.1 Å². The van der Waals surface area contributed by atoms with Gasteiger partial charge in [-0.2, -0.15) is 15.6 Å². The van der Waals surface area contributed by atoms with Crippen LogP contribution in [-0.4, -0.2) is 16.2 Å². The maximum Gasteiger partial charge on any atom is 0.270 e. The Balaban J connectivity index is 1.94. The Morgan fingerprint density at radius 2 is 1.77 bits per heavy atom. The zero-order valence-electron chi connectivity index (χ0n) is 13.5. The average molecular weight is 340 g/mol. The number of H-pyrrole nitrogens is 1. The fourth-order valence-corrected chi connectivity index (χ4v) is 2.31. The number of aromatic nitrogens is 2. The molecular weight excluding hydrogens is 328 g/mol. The number of aromatic amines is 1. The molecule has 0 atom stereocenters. The topological polar surface area (TPSA) is 118 Å². The minimum Gasteiger partial charge on any atom is -0.290 e. The van der Waals surface area contributed by atoms with Crippen LogP contribution >= 0.6 is 0 Å². The number of hydrogen-bond acceptors (Lipinski definition) is 6. The molecule has 1 aromatic heterocycles. The highest BCUT2D eigenvalue weighted by molar-refractivity contribution is 5.83. The highest BCUT2D eigenvalue weighted by Crippen LogP contribution is 2.19. The largest absolute Gasteiger partial charge is 0.290 e. The van der Waals surface area contributed by atoms with E-state index >= 15 is 0 Å². The van der Waals surface area contributed by atoms with Crippen molar-refractivity contribution in [3.8, 4) is 23.4 Å². The summed E-state index contributed by atoms with van der Waals surface area (Å²) < 4.78 is 0. The highest BCUT2D eigenvalue weighted by Gasteiger charge is 2.12. The lowest BCUT2D eigenvalue weighted by Crippen LogP contribution is -2.16. The van der Waals surface area contributed by atoms with Crippen molar-refractivity contribution < 1.29 is 0 Å². The van der Waals surface area contributed by atoms with Crippen LogP contribution in [0.5, 0.6) is 0 Å². The van der Waals surface area contributed by atoms with Crippen LogP contribution in [0.3, 0.4) is 0 Å². The lowest BCUT2D eigenvalue weighted by molar-refractivity contribution is 1.08. The second-order valence-corrected chi connectivity index (χ2v) is 5.19. The molecule has 0 saturated heterocycles. The van der Waals surface area contributed by atoms with Gasteiger partial charge in [-0.25, -0.2) is 10.4 Å². The second kappa shape index (κ2) is 7.56. The van der Waals surface area contributed by atoms with E-state index in [4.69, 9.17) is 5.26 Å². The summed E-state index contributed by atoms with van der Waals surface area (Å²) in [5.41, 5.74) is 4.03. The van der Waals surface area contributed by atoms with Gasteiger partial charge in [0.1, 0.15) is 11.6 Å². The summed E-state index contributed by atoms with van der Waals surface area (Å²) in [7, 11) is 0. The predicted molar refractivity (Wildman–Crippen MR) is 97.4 cm³/mol. The highest BCUT2D eigenvalue weighted by atomic mass is 16.1. The fourth-order valence-electron chi connectivity index (χ4n) is 2.31. The third kappa shape index (κ3) is 3.48. The van der Waals surface area contributed by atoms with Crippen LogP contribution in [0.1, 0.15) is 16.7 Å². The van der Waals surface area contributed by atoms with Crippen LogP contribution in [0, 0.1) is 22.7 Å². The zero-order valence-corrected chi connectivity index (χ0v) is 13.5. The monoisotopic (exact) mass is 340 g/mol. The van der Waals surface area contributed by atoms with Gasteiger partial charge in [0.05, 0.1) is 23.5 Å². The van der Waals surface area contributed by atoms with Crippen LogP contribution in [0.25, 0.3) is 11.3 Å². The summed E-state index contributed by atoms with van der Waals surface area (Å²) in [5, 5.41) is 22.3.